The van der Waals surface area contributed by atoms with Crippen LogP contribution in [0.5, 0.6) is 0 Å². The minimum absolute atomic E-state index is 0.139. The fourth-order valence-corrected chi connectivity index (χ4v) is 2.29. The molecule has 0 radical (unpaired) electrons. The summed E-state index contributed by atoms with van der Waals surface area (Å²) in [6.07, 6.45) is 0. The number of hydrogen-bond acceptors (Lipinski definition) is 4. The van der Waals surface area contributed by atoms with Gasteiger partial charge in [-0.2, -0.15) is 0 Å². The maximum absolute atomic E-state index is 11.6. The average Bonchev–Trinajstić information content (AvgIpc) is 2.35. The van der Waals surface area contributed by atoms with Gasteiger partial charge in [0.05, 0.1) is 17.2 Å². The number of nitrogens with zero attached hydrogens (tertiary/aromatic N) is 1. The fourth-order valence-electron chi connectivity index (χ4n) is 1.75. The van der Waals surface area contributed by atoms with Crippen molar-refractivity contribution in [1.29, 1.82) is 0 Å². The van der Waals surface area contributed by atoms with Crippen molar-refractivity contribution < 1.29 is 9.53 Å². The highest BCUT2D eigenvalue weighted by Gasteiger charge is 2.17. The summed E-state index contributed by atoms with van der Waals surface area (Å²) in [5.41, 5.74) is 7.04. The van der Waals surface area contributed by atoms with Crippen molar-refractivity contribution in [2.45, 2.75) is 13.8 Å². The molecule has 1 aromatic carbocycles. The van der Waals surface area contributed by atoms with Crippen molar-refractivity contribution >= 4 is 40.5 Å². The van der Waals surface area contributed by atoms with Crippen molar-refractivity contribution in [2.75, 3.05) is 24.6 Å². The number of anilines is 1. The molecule has 0 saturated heterocycles. The molecule has 0 bridgehead atoms. The molecule has 1 rings (SSSR count). The maximum atomic E-state index is 11.6. The van der Waals surface area contributed by atoms with Crippen molar-refractivity contribution in [1.82, 2.24) is 0 Å². The van der Waals surface area contributed by atoms with Crippen molar-refractivity contribution in [3.05, 3.63) is 28.8 Å². The topological polar surface area (TPSA) is 55.6 Å². The van der Waals surface area contributed by atoms with E-state index in [1.165, 1.54) is 0 Å². The second kappa shape index (κ2) is 7.31. The van der Waals surface area contributed by atoms with Crippen LogP contribution in [0.25, 0.3) is 0 Å². The summed E-state index contributed by atoms with van der Waals surface area (Å²) < 4.78 is 4.95. The zero-order chi connectivity index (χ0) is 14.4. The number of benzene rings is 1. The van der Waals surface area contributed by atoms with Crippen LogP contribution in [0.3, 0.4) is 0 Å². The summed E-state index contributed by atoms with van der Waals surface area (Å²) in [4.78, 5) is 13.6. The number of hydrogen-bond donors (Lipinski definition) is 1. The highest BCUT2D eigenvalue weighted by molar-refractivity contribution is 7.80. The fraction of sp³-hybridized carbons (Fsp3) is 0.385. The zero-order valence-electron chi connectivity index (χ0n) is 11.0. The Labute approximate surface area is 123 Å². The van der Waals surface area contributed by atoms with E-state index in [1.54, 1.807) is 19.1 Å². The van der Waals surface area contributed by atoms with Crippen molar-refractivity contribution in [2.24, 2.45) is 5.73 Å². The molecular formula is C13H17ClN2O2S. The predicted molar refractivity (Wildman–Crippen MR) is 81.9 cm³/mol. The number of thiocarbonyl (C=S) groups is 1. The quantitative estimate of drug-likeness (QED) is 0.646. The summed E-state index contributed by atoms with van der Waals surface area (Å²) in [6.45, 7) is 4.82. The van der Waals surface area contributed by atoms with E-state index in [0.717, 1.165) is 5.69 Å². The van der Waals surface area contributed by atoms with E-state index in [0.29, 0.717) is 23.7 Å². The van der Waals surface area contributed by atoms with Crippen LogP contribution in [0.15, 0.2) is 18.2 Å². The van der Waals surface area contributed by atoms with Crippen LogP contribution in [-0.2, 0) is 9.53 Å². The first kappa shape index (κ1) is 15.7. The lowest BCUT2D eigenvalue weighted by atomic mass is 10.1. The molecule has 1 aromatic rings. The van der Waals surface area contributed by atoms with Crippen molar-refractivity contribution in [3.8, 4) is 0 Å². The molecule has 0 saturated carbocycles. The molecule has 0 aliphatic carbocycles. The van der Waals surface area contributed by atoms with E-state index in [-0.39, 0.29) is 17.5 Å². The first-order valence-corrected chi connectivity index (χ1v) is 6.78. The van der Waals surface area contributed by atoms with Gasteiger partial charge in [0.25, 0.3) is 0 Å². The second-order valence-electron chi connectivity index (χ2n) is 3.82. The Morgan fingerprint density at radius 2 is 2.16 bits per heavy atom. The van der Waals surface area contributed by atoms with Crippen LogP contribution >= 0.6 is 23.8 Å². The average molecular weight is 301 g/mol. The van der Waals surface area contributed by atoms with Crippen LogP contribution in [0, 0.1) is 0 Å². The SMILES string of the molecule is CCOC(=O)CN(CC)c1cccc(Cl)c1C(N)=S. The molecule has 0 amide bonds. The second-order valence-corrected chi connectivity index (χ2v) is 4.66. The lowest BCUT2D eigenvalue weighted by Gasteiger charge is -2.24. The Bertz CT molecular complexity index is 480. The molecule has 0 atom stereocenters. The number of rotatable bonds is 6. The molecule has 0 fully saturated rings. The van der Waals surface area contributed by atoms with Gasteiger partial charge in [-0.1, -0.05) is 29.9 Å². The van der Waals surface area contributed by atoms with Crippen molar-refractivity contribution in [3.63, 3.8) is 0 Å². The van der Waals surface area contributed by atoms with Crippen LogP contribution in [0.2, 0.25) is 5.02 Å². The Morgan fingerprint density at radius 1 is 1.47 bits per heavy atom. The van der Waals surface area contributed by atoms with Gasteiger partial charge in [-0.15, -0.1) is 0 Å². The van der Waals surface area contributed by atoms with Gasteiger partial charge in [-0.25, -0.2) is 0 Å². The van der Waals surface area contributed by atoms with Gasteiger partial charge < -0.3 is 15.4 Å². The first-order chi connectivity index (χ1) is 9.01. The number of carbonyl (C=O) groups excluding carboxylic acids is 1. The highest BCUT2D eigenvalue weighted by atomic mass is 35.5. The molecule has 0 spiro atoms. The smallest absolute Gasteiger partial charge is 0.325 e. The van der Waals surface area contributed by atoms with Crippen LogP contribution in [-0.4, -0.2) is 30.7 Å². The molecule has 4 nitrogen and oxygen atoms in total. The molecule has 0 aromatic heterocycles. The number of nitrogens with two attached hydrogens (primary N) is 1. The number of halogens is 1. The number of carbonyl (C=O) groups is 1. The maximum Gasteiger partial charge on any atom is 0.325 e. The molecule has 0 heterocycles. The Kier molecular flexibility index (Phi) is 6.05. The predicted octanol–water partition coefficient (Wildman–Crippen LogP) is 2.36. The highest BCUT2D eigenvalue weighted by Crippen LogP contribution is 2.27. The molecule has 104 valence electrons. The molecule has 6 heteroatoms. The van der Waals surface area contributed by atoms with Gasteiger partial charge >= 0.3 is 5.97 Å². The van der Waals surface area contributed by atoms with E-state index < -0.39 is 0 Å². The molecule has 0 aliphatic heterocycles. The van der Waals surface area contributed by atoms with Gasteiger partial charge in [0, 0.05) is 12.2 Å². The first-order valence-electron chi connectivity index (χ1n) is 6.00. The van der Waals surface area contributed by atoms with Gasteiger partial charge in [-0.3, -0.25) is 4.79 Å². The van der Waals surface area contributed by atoms with E-state index in [2.05, 4.69) is 0 Å². The standard InChI is InChI=1S/C13H17ClN2O2S/c1-3-16(8-11(17)18-4-2)10-7-5-6-9(14)12(10)13(15)19/h5-7H,3-4,8H2,1-2H3,(H2,15,19). The van der Waals surface area contributed by atoms with E-state index in [1.807, 2.05) is 17.9 Å². The molecule has 0 unspecified atom stereocenters. The normalized spacial score (nSPS) is 10.1. The van der Waals surface area contributed by atoms with Crippen LogP contribution < -0.4 is 10.6 Å². The molecule has 2 N–H and O–H groups in total. The summed E-state index contributed by atoms with van der Waals surface area (Å²) in [6, 6.07) is 5.36. The summed E-state index contributed by atoms with van der Waals surface area (Å²) in [7, 11) is 0. The molecular weight excluding hydrogens is 284 g/mol. The van der Waals surface area contributed by atoms with E-state index in [9.17, 15) is 4.79 Å². The summed E-state index contributed by atoms with van der Waals surface area (Å²) >= 11 is 11.1. The summed E-state index contributed by atoms with van der Waals surface area (Å²) in [5.74, 6) is -0.293. The zero-order valence-corrected chi connectivity index (χ0v) is 12.6. The third-order valence-electron chi connectivity index (χ3n) is 2.59. The number of ether oxygens (including phenoxy) is 1. The largest absolute Gasteiger partial charge is 0.465 e. The summed E-state index contributed by atoms with van der Waals surface area (Å²) in [5, 5.41) is 0.479. The van der Waals surface area contributed by atoms with Gasteiger partial charge in [0.2, 0.25) is 0 Å². The Morgan fingerprint density at radius 3 is 2.68 bits per heavy atom. The van der Waals surface area contributed by atoms with E-state index >= 15 is 0 Å². The van der Waals surface area contributed by atoms with E-state index in [4.69, 9.17) is 34.3 Å². The van der Waals surface area contributed by atoms with Gasteiger partial charge in [0.15, 0.2) is 0 Å². The number of likely N-dealkylation sites (N-methyl/N-ethyl adjacent to an activating group) is 1. The Balaban J connectivity index is 3.08. The van der Waals surface area contributed by atoms with Gasteiger partial charge in [-0.05, 0) is 26.0 Å². The lowest BCUT2D eigenvalue weighted by molar-refractivity contribution is -0.141. The molecule has 19 heavy (non-hydrogen) atoms. The Hall–Kier alpha value is -1.33. The van der Waals surface area contributed by atoms with Crippen LogP contribution in [0.4, 0.5) is 5.69 Å². The lowest BCUT2D eigenvalue weighted by Crippen LogP contribution is -2.32. The molecule has 0 aliphatic rings. The minimum Gasteiger partial charge on any atom is -0.465 e. The number of esters is 1. The third kappa shape index (κ3) is 4.08. The monoisotopic (exact) mass is 300 g/mol. The van der Waals surface area contributed by atoms with Gasteiger partial charge in [0.1, 0.15) is 11.5 Å². The third-order valence-corrected chi connectivity index (χ3v) is 3.10. The van der Waals surface area contributed by atoms with Crippen LogP contribution in [0.1, 0.15) is 19.4 Å². The minimum atomic E-state index is -0.293.